The minimum atomic E-state index is -0.527. The summed E-state index contributed by atoms with van der Waals surface area (Å²) in [7, 11) is 3.18. The third kappa shape index (κ3) is 5.22. The van der Waals surface area contributed by atoms with Crippen molar-refractivity contribution in [3.63, 3.8) is 0 Å². The quantitative estimate of drug-likeness (QED) is 0.505. The molecule has 2 heterocycles. The van der Waals surface area contributed by atoms with Gasteiger partial charge >= 0.3 is 6.09 Å². The third-order valence-corrected chi connectivity index (χ3v) is 6.31. The summed E-state index contributed by atoms with van der Waals surface area (Å²) in [5, 5.41) is 7.02. The average molecular weight is 465 g/mol. The lowest BCUT2D eigenvalue weighted by Crippen LogP contribution is -2.33. The van der Waals surface area contributed by atoms with Gasteiger partial charge in [0.1, 0.15) is 12.4 Å². The summed E-state index contributed by atoms with van der Waals surface area (Å²) >= 11 is 0. The van der Waals surface area contributed by atoms with Gasteiger partial charge in [-0.3, -0.25) is 5.32 Å². The van der Waals surface area contributed by atoms with Gasteiger partial charge in [0, 0.05) is 23.1 Å². The molecule has 0 aliphatic carbocycles. The Balaban J connectivity index is 1.65. The Morgan fingerprint density at radius 2 is 1.71 bits per heavy atom. The van der Waals surface area contributed by atoms with Gasteiger partial charge in [-0.1, -0.05) is 26.0 Å². The molecule has 1 aromatic heterocycles. The monoisotopic (exact) mass is 464 g/mol. The van der Waals surface area contributed by atoms with Gasteiger partial charge in [0.05, 0.1) is 25.4 Å². The summed E-state index contributed by atoms with van der Waals surface area (Å²) in [6, 6.07) is 11.5. The fraction of sp³-hybridized carbons (Fsp3) is 0.423. The molecule has 1 atom stereocenters. The molecular formula is C26H32N4O4. The first kappa shape index (κ1) is 23.8. The molecule has 2 N–H and O–H groups in total. The van der Waals surface area contributed by atoms with Crippen molar-refractivity contribution >= 4 is 22.7 Å². The van der Waals surface area contributed by atoms with E-state index in [1.54, 1.807) is 14.2 Å². The number of piperidine rings is 1. The van der Waals surface area contributed by atoms with E-state index >= 15 is 0 Å². The molecule has 1 aliphatic heterocycles. The van der Waals surface area contributed by atoms with Gasteiger partial charge in [0.2, 0.25) is 0 Å². The Kier molecular flexibility index (Phi) is 7.47. The van der Waals surface area contributed by atoms with Crippen molar-refractivity contribution in [2.45, 2.75) is 38.7 Å². The number of aromatic nitrogens is 2. The van der Waals surface area contributed by atoms with E-state index < -0.39 is 12.2 Å². The van der Waals surface area contributed by atoms with Crippen LogP contribution >= 0.6 is 0 Å². The van der Waals surface area contributed by atoms with Crippen LogP contribution in [-0.2, 0) is 4.74 Å². The van der Waals surface area contributed by atoms with Crippen LogP contribution in [-0.4, -0.2) is 43.4 Å². The highest BCUT2D eigenvalue weighted by Crippen LogP contribution is 2.38. The Morgan fingerprint density at radius 3 is 2.35 bits per heavy atom. The summed E-state index contributed by atoms with van der Waals surface area (Å²) in [4.78, 5) is 22.0. The molecule has 0 spiro atoms. The minimum Gasteiger partial charge on any atom is -0.493 e. The molecule has 1 saturated heterocycles. The zero-order valence-electron chi connectivity index (χ0n) is 20.1. The fourth-order valence-corrected chi connectivity index (χ4v) is 4.37. The zero-order chi connectivity index (χ0) is 24.1. The van der Waals surface area contributed by atoms with E-state index in [9.17, 15) is 4.79 Å². The van der Waals surface area contributed by atoms with Gasteiger partial charge in [-0.05, 0) is 55.6 Å². The smallest absolute Gasteiger partial charge is 0.412 e. The number of fused-ring (bicyclic) bond motifs is 1. The van der Waals surface area contributed by atoms with Crippen LogP contribution < -0.4 is 20.1 Å². The van der Waals surface area contributed by atoms with Gasteiger partial charge in [-0.15, -0.1) is 0 Å². The van der Waals surface area contributed by atoms with Crippen LogP contribution in [0.1, 0.15) is 50.0 Å². The van der Waals surface area contributed by atoms with Crippen LogP contribution in [0.25, 0.3) is 10.9 Å². The summed E-state index contributed by atoms with van der Waals surface area (Å²) in [6.07, 6.45) is 2.22. The van der Waals surface area contributed by atoms with Gasteiger partial charge in [0.15, 0.2) is 11.5 Å². The molecule has 8 nitrogen and oxygen atoms in total. The number of ether oxygens (including phenoxy) is 3. The van der Waals surface area contributed by atoms with E-state index in [0.29, 0.717) is 34.3 Å². The first-order valence-corrected chi connectivity index (χ1v) is 11.6. The molecule has 1 aliphatic rings. The Morgan fingerprint density at radius 1 is 1.03 bits per heavy atom. The molecule has 4 rings (SSSR count). The van der Waals surface area contributed by atoms with Crippen molar-refractivity contribution in [3.8, 4) is 11.5 Å². The number of benzene rings is 2. The maximum atomic E-state index is 13.0. The summed E-state index contributed by atoms with van der Waals surface area (Å²) in [5.41, 5.74) is 3.28. The maximum Gasteiger partial charge on any atom is 0.412 e. The lowest BCUT2D eigenvalue weighted by molar-refractivity contribution is 0.0573. The average Bonchev–Trinajstić information content (AvgIpc) is 2.87. The van der Waals surface area contributed by atoms with Crippen molar-refractivity contribution in [3.05, 3.63) is 54.0 Å². The summed E-state index contributed by atoms with van der Waals surface area (Å²) in [5.74, 6) is 1.71. The van der Waals surface area contributed by atoms with E-state index in [1.807, 2.05) is 36.4 Å². The lowest BCUT2D eigenvalue weighted by atomic mass is 9.89. The topological polar surface area (TPSA) is 94.6 Å². The van der Waals surface area contributed by atoms with Gasteiger partial charge in [0.25, 0.3) is 0 Å². The van der Waals surface area contributed by atoms with Gasteiger partial charge in [-0.25, -0.2) is 14.8 Å². The molecule has 0 saturated carbocycles. The summed E-state index contributed by atoms with van der Waals surface area (Å²) in [6.45, 7) is 6.00. The molecule has 180 valence electrons. The number of rotatable bonds is 7. The first-order chi connectivity index (χ1) is 16.5. The first-order valence-electron chi connectivity index (χ1n) is 11.6. The van der Waals surface area contributed by atoms with Crippen LogP contribution in [0.2, 0.25) is 0 Å². The Labute approximate surface area is 200 Å². The van der Waals surface area contributed by atoms with Crippen molar-refractivity contribution in [2.75, 3.05) is 32.6 Å². The molecular weight excluding hydrogens is 432 g/mol. The number of amides is 1. The van der Waals surface area contributed by atoms with Crippen LogP contribution in [0.3, 0.4) is 0 Å². The van der Waals surface area contributed by atoms with Crippen molar-refractivity contribution < 1.29 is 19.0 Å². The second kappa shape index (κ2) is 10.7. The normalized spacial score (nSPS) is 15.2. The Bertz CT molecular complexity index is 1130. The number of anilines is 1. The maximum absolute atomic E-state index is 13.0. The number of hydrogen-bond acceptors (Lipinski definition) is 7. The molecule has 1 amide bonds. The number of carbonyl (C=O) groups excluding carboxylic acids is 1. The second-order valence-corrected chi connectivity index (χ2v) is 8.80. The third-order valence-electron chi connectivity index (χ3n) is 6.31. The Hall–Kier alpha value is -3.39. The van der Waals surface area contributed by atoms with E-state index in [0.717, 1.165) is 31.3 Å². The van der Waals surface area contributed by atoms with Crippen LogP contribution in [0.5, 0.6) is 11.5 Å². The summed E-state index contributed by atoms with van der Waals surface area (Å²) < 4.78 is 17.0. The number of carbonyl (C=O) groups is 1. The zero-order valence-corrected chi connectivity index (χ0v) is 20.1. The number of methoxy groups -OCH3 is 2. The lowest BCUT2D eigenvalue weighted by Gasteiger charge is -2.30. The van der Waals surface area contributed by atoms with E-state index in [2.05, 4.69) is 34.4 Å². The highest BCUT2D eigenvalue weighted by Gasteiger charge is 2.31. The highest BCUT2D eigenvalue weighted by atomic mass is 16.6. The predicted octanol–water partition coefficient (Wildman–Crippen LogP) is 5.06. The molecule has 0 radical (unpaired) electrons. The molecule has 3 aromatic rings. The minimum absolute atomic E-state index is 0.126. The SMILES string of the molecule is COc1cc2ncnc(C(OC(=O)Nc3ccc(C(C)C)cc3)C3CCNCC3)c2cc1OC. The van der Waals surface area contributed by atoms with Gasteiger partial charge in [-0.2, -0.15) is 0 Å². The van der Waals surface area contributed by atoms with E-state index in [4.69, 9.17) is 14.2 Å². The molecule has 1 fully saturated rings. The van der Waals surface area contributed by atoms with Crippen LogP contribution in [0, 0.1) is 5.92 Å². The fourth-order valence-electron chi connectivity index (χ4n) is 4.37. The molecule has 34 heavy (non-hydrogen) atoms. The predicted molar refractivity (Wildman–Crippen MR) is 132 cm³/mol. The van der Waals surface area contributed by atoms with E-state index in [1.165, 1.54) is 11.9 Å². The largest absolute Gasteiger partial charge is 0.493 e. The number of nitrogens with zero attached hydrogens (tertiary/aromatic N) is 2. The molecule has 8 heteroatoms. The van der Waals surface area contributed by atoms with Crippen molar-refractivity contribution in [1.82, 2.24) is 15.3 Å². The second-order valence-electron chi connectivity index (χ2n) is 8.80. The number of hydrogen-bond donors (Lipinski definition) is 2. The molecule has 0 bridgehead atoms. The number of nitrogens with one attached hydrogen (secondary N) is 2. The molecule has 1 unspecified atom stereocenters. The standard InChI is InChI=1S/C26H32N4O4/c1-16(2)17-5-7-19(8-6-17)30-26(31)34-25(18-9-11-27-12-10-18)24-20-13-22(32-3)23(33-4)14-21(20)28-15-29-24/h5-8,13-16,18,25,27H,9-12H2,1-4H3,(H,30,31). The van der Waals surface area contributed by atoms with Crippen LogP contribution in [0.4, 0.5) is 10.5 Å². The van der Waals surface area contributed by atoms with E-state index in [-0.39, 0.29) is 5.92 Å². The van der Waals surface area contributed by atoms with Crippen molar-refractivity contribution in [1.29, 1.82) is 0 Å². The van der Waals surface area contributed by atoms with Crippen molar-refractivity contribution in [2.24, 2.45) is 5.92 Å². The highest BCUT2D eigenvalue weighted by molar-refractivity contribution is 5.87. The molecule has 2 aromatic carbocycles. The van der Waals surface area contributed by atoms with Crippen LogP contribution in [0.15, 0.2) is 42.7 Å². The van der Waals surface area contributed by atoms with Gasteiger partial charge < -0.3 is 19.5 Å².